The summed E-state index contributed by atoms with van der Waals surface area (Å²) in [7, 11) is 0. The van der Waals surface area contributed by atoms with E-state index in [0.29, 0.717) is 18.7 Å². The van der Waals surface area contributed by atoms with Gasteiger partial charge in [-0.1, -0.05) is 52.5 Å². The molecule has 0 spiro atoms. The van der Waals surface area contributed by atoms with E-state index in [1.165, 1.54) is 0 Å². The van der Waals surface area contributed by atoms with Crippen molar-refractivity contribution in [1.29, 1.82) is 0 Å². The average Bonchev–Trinajstić information content (AvgIpc) is 2.42. The maximum Gasteiger partial charge on any atom is 0.252 e. The van der Waals surface area contributed by atoms with Crippen molar-refractivity contribution in [3.8, 4) is 0 Å². The summed E-state index contributed by atoms with van der Waals surface area (Å²) >= 11 is 18.4. The number of carbonyl (C=O) groups excluding carboxylic acids is 1. The third-order valence-corrected chi connectivity index (χ3v) is 4.32. The molecule has 1 amide bonds. The molecule has 3 atom stereocenters. The van der Waals surface area contributed by atoms with Crippen molar-refractivity contribution in [2.75, 3.05) is 13.1 Å². The Morgan fingerprint density at radius 2 is 1.74 bits per heavy atom. The quantitative estimate of drug-likeness (QED) is 0.817. The summed E-state index contributed by atoms with van der Waals surface area (Å²) in [6.07, 6.45) is -0.718. The van der Waals surface area contributed by atoms with E-state index < -0.39 is 9.96 Å². The van der Waals surface area contributed by atoms with Crippen LogP contribution in [0.3, 0.4) is 0 Å². The molecule has 4 nitrogen and oxygen atoms in total. The predicted molar refractivity (Wildman–Crippen MR) is 94.3 cm³/mol. The molecular formula is C16H21Cl3N2O2. The summed E-state index contributed by atoms with van der Waals surface area (Å²) in [5.74, 6) is -0.270. The fraction of sp³-hybridized carbons (Fsp3) is 0.562. The molecule has 1 saturated heterocycles. The Kier molecular flexibility index (Phi) is 6.20. The molecule has 23 heavy (non-hydrogen) atoms. The minimum absolute atomic E-state index is 0.00452. The van der Waals surface area contributed by atoms with Gasteiger partial charge in [0.15, 0.2) is 0 Å². The lowest BCUT2D eigenvalue weighted by atomic mass is 10.1. The summed E-state index contributed by atoms with van der Waals surface area (Å²) in [4.78, 5) is 14.4. The number of amides is 1. The van der Waals surface area contributed by atoms with Crippen LogP contribution in [-0.4, -0.2) is 46.1 Å². The van der Waals surface area contributed by atoms with E-state index >= 15 is 0 Å². The standard InChI is InChI=1S/C16H21Cl3N2O2/c1-10-4-6-13(7-5-10)14(22)20-15(16(17,18)19)21-8-11(2)23-12(3)9-21/h4-7,11-12,15H,8-9H2,1-3H3,(H,20,22)/t11-,12+,15-/m1/s1. The van der Waals surface area contributed by atoms with E-state index in [4.69, 9.17) is 39.5 Å². The Bertz CT molecular complexity index is 535. The molecule has 1 aromatic rings. The number of halogens is 3. The first-order valence-electron chi connectivity index (χ1n) is 7.50. The summed E-state index contributed by atoms with van der Waals surface area (Å²) in [6.45, 7) is 7.04. The van der Waals surface area contributed by atoms with E-state index in [1.807, 2.05) is 37.8 Å². The first kappa shape index (κ1) is 18.8. The van der Waals surface area contributed by atoms with Crippen molar-refractivity contribution in [1.82, 2.24) is 10.2 Å². The molecule has 1 fully saturated rings. The van der Waals surface area contributed by atoms with Crippen LogP contribution in [0.15, 0.2) is 24.3 Å². The largest absolute Gasteiger partial charge is 0.373 e. The number of aryl methyl sites for hydroxylation is 1. The zero-order valence-electron chi connectivity index (χ0n) is 13.4. The van der Waals surface area contributed by atoms with Crippen LogP contribution in [0, 0.1) is 6.92 Å². The van der Waals surface area contributed by atoms with Gasteiger partial charge in [-0.2, -0.15) is 0 Å². The van der Waals surface area contributed by atoms with Gasteiger partial charge < -0.3 is 10.1 Å². The smallest absolute Gasteiger partial charge is 0.252 e. The van der Waals surface area contributed by atoms with Crippen LogP contribution in [0.25, 0.3) is 0 Å². The molecule has 7 heteroatoms. The average molecular weight is 380 g/mol. The van der Waals surface area contributed by atoms with Crippen LogP contribution >= 0.6 is 34.8 Å². The molecule has 0 bridgehead atoms. The predicted octanol–water partition coefficient (Wildman–Crippen LogP) is 3.53. The molecule has 1 N–H and O–H groups in total. The van der Waals surface area contributed by atoms with Gasteiger partial charge in [-0.15, -0.1) is 0 Å². The Morgan fingerprint density at radius 3 is 2.22 bits per heavy atom. The maximum atomic E-state index is 12.5. The number of ether oxygens (including phenoxy) is 1. The topological polar surface area (TPSA) is 41.6 Å². The first-order valence-corrected chi connectivity index (χ1v) is 8.64. The summed E-state index contributed by atoms with van der Waals surface area (Å²) in [6, 6.07) is 7.26. The number of hydrogen-bond donors (Lipinski definition) is 1. The number of alkyl halides is 3. The van der Waals surface area contributed by atoms with Gasteiger partial charge in [0.05, 0.1) is 12.2 Å². The van der Waals surface area contributed by atoms with Gasteiger partial charge in [0.2, 0.25) is 3.79 Å². The molecule has 0 aromatic heterocycles. The number of benzene rings is 1. The van der Waals surface area contributed by atoms with Crippen LogP contribution in [0.2, 0.25) is 0 Å². The highest BCUT2D eigenvalue weighted by Crippen LogP contribution is 2.33. The van der Waals surface area contributed by atoms with E-state index in [1.54, 1.807) is 12.1 Å². The van der Waals surface area contributed by atoms with Crippen molar-refractivity contribution in [2.45, 2.75) is 42.9 Å². The molecule has 1 aliphatic rings. The SMILES string of the molecule is Cc1ccc(C(=O)N[C@H](N2C[C@@H](C)O[C@@H](C)C2)C(Cl)(Cl)Cl)cc1. The Balaban J connectivity index is 2.16. The van der Waals surface area contributed by atoms with Gasteiger partial charge in [-0.05, 0) is 32.9 Å². The normalized spacial score (nSPS) is 24.3. The van der Waals surface area contributed by atoms with Gasteiger partial charge in [-0.25, -0.2) is 0 Å². The number of rotatable bonds is 3. The van der Waals surface area contributed by atoms with Gasteiger partial charge in [0, 0.05) is 18.7 Å². The second-order valence-electron chi connectivity index (χ2n) is 5.99. The lowest BCUT2D eigenvalue weighted by Gasteiger charge is -2.42. The number of nitrogens with one attached hydrogen (secondary N) is 1. The van der Waals surface area contributed by atoms with Gasteiger partial charge >= 0.3 is 0 Å². The van der Waals surface area contributed by atoms with Crippen LogP contribution < -0.4 is 5.32 Å². The molecular weight excluding hydrogens is 359 g/mol. The van der Waals surface area contributed by atoms with Crippen molar-refractivity contribution in [3.63, 3.8) is 0 Å². The van der Waals surface area contributed by atoms with Crippen molar-refractivity contribution < 1.29 is 9.53 Å². The van der Waals surface area contributed by atoms with E-state index in [0.717, 1.165) is 5.56 Å². The maximum absolute atomic E-state index is 12.5. The van der Waals surface area contributed by atoms with E-state index in [9.17, 15) is 4.79 Å². The van der Waals surface area contributed by atoms with Crippen molar-refractivity contribution in [2.24, 2.45) is 0 Å². The van der Waals surface area contributed by atoms with Crippen LogP contribution in [0.1, 0.15) is 29.8 Å². The zero-order chi connectivity index (χ0) is 17.2. The molecule has 2 rings (SSSR count). The van der Waals surface area contributed by atoms with Gasteiger partial charge in [0.25, 0.3) is 5.91 Å². The summed E-state index contributed by atoms with van der Waals surface area (Å²) in [5, 5.41) is 2.84. The van der Waals surface area contributed by atoms with Crippen LogP contribution in [0.5, 0.6) is 0 Å². The van der Waals surface area contributed by atoms with E-state index in [2.05, 4.69) is 5.32 Å². The monoisotopic (exact) mass is 378 g/mol. The molecule has 0 unspecified atom stereocenters. The lowest BCUT2D eigenvalue weighted by Crippen LogP contribution is -2.60. The molecule has 1 aromatic carbocycles. The Hall–Kier alpha value is -0.520. The van der Waals surface area contributed by atoms with Crippen molar-refractivity contribution >= 4 is 40.7 Å². The summed E-state index contributed by atoms with van der Waals surface area (Å²) in [5.41, 5.74) is 1.61. The van der Waals surface area contributed by atoms with E-state index in [-0.39, 0.29) is 18.1 Å². The number of carbonyl (C=O) groups is 1. The molecule has 1 heterocycles. The highest BCUT2D eigenvalue weighted by molar-refractivity contribution is 6.68. The third kappa shape index (κ3) is 5.23. The highest BCUT2D eigenvalue weighted by Gasteiger charge is 2.41. The highest BCUT2D eigenvalue weighted by atomic mass is 35.6. The van der Waals surface area contributed by atoms with Gasteiger partial charge in [-0.3, -0.25) is 9.69 Å². The zero-order valence-corrected chi connectivity index (χ0v) is 15.6. The van der Waals surface area contributed by atoms with Gasteiger partial charge in [0.1, 0.15) is 6.17 Å². The van der Waals surface area contributed by atoms with Crippen LogP contribution in [-0.2, 0) is 4.74 Å². The number of hydrogen-bond acceptors (Lipinski definition) is 3. The molecule has 0 aliphatic carbocycles. The minimum Gasteiger partial charge on any atom is -0.373 e. The molecule has 0 saturated carbocycles. The lowest BCUT2D eigenvalue weighted by molar-refractivity contribution is -0.0826. The van der Waals surface area contributed by atoms with Crippen molar-refractivity contribution in [3.05, 3.63) is 35.4 Å². The minimum atomic E-state index is -1.64. The Morgan fingerprint density at radius 1 is 1.22 bits per heavy atom. The second kappa shape index (κ2) is 7.58. The van der Waals surface area contributed by atoms with Crippen LogP contribution in [0.4, 0.5) is 0 Å². The Labute approximate surface area is 152 Å². The molecule has 1 aliphatic heterocycles. The summed E-state index contributed by atoms with van der Waals surface area (Å²) < 4.78 is 4.06. The fourth-order valence-corrected chi connectivity index (χ4v) is 3.30. The second-order valence-corrected chi connectivity index (χ2v) is 8.36. The molecule has 128 valence electrons. The fourth-order valence-electron chi connectivity index (χ4n) is 2.72. The number of nitrogens with zero attached hydrogens (tertiary/aromatic N) is 1. The first-order chi connectivity index (χ1) is 10.7. The molecule has 0 radical (unpaired) electrons. The number of morpholine rings is 1. The third-order valence-electron chi connectivity index (χ3n) is 3.70.